The monoisotopic (exact) mass is 408 g/mol. The van der Waals surface area contributed by atoms with Gasteiger partial charge in [-0.3, -0.25) is 14.8 Å². The molecule has 1 atom stereocenters. The summed E-state index contributed by atoms with van der Waals surface area (Å²) in [5.74, 6) is 0.132. The van der Waals surface area contributed by atoms with E-state index in [0.717, 1.165) is 30.7 Å². The second kappa shape index (κ2) is 7.01. The first-order valence-corrected chi connectivity index (χ1v) is 12.1. The van der Waals surface area contributed by atoms with E-state index in [9.17, 15) is 13.2 Å². The maximum Gasteiger partial charge on any atom is 0.277 e. The number of carbonyl (C=O) groups excluding carboxylic acids is 1. The minimum Gasteiger partial charge on any atom is -0.296 e. The SMILES string of the molecule is CC(C)c1cc(C(=O)Nc2nc3c(s2)CCCC3)nn1C1CCS(=O)(=O)C1. The number of aryl methyl sites for hydroxylation is 2. The Hall–Kier alpha value is -1.74. The van der Waals surface area contributed by atoms with Crippen LogP contribution < -0.4 is 5.32 Å². The van der Waals surface area contributed by atoms with Crippen molar-refractivity contribution in [3.05, 3.63) is 28.0 Å². The van der Waals surface area contributed by atoms with Gasteiger partial charge < -0.3 is 0 Å². The predicted molar refractivity (Wildman–Crippen MR) is 105 cm³/mol. The molecule has 1 aliphatic carbocycles. The number of aromatic nitrogens is 3. The summed E-state index contributed by atoms with van der Waals surface area (Å²) in [6, 6.07) is 1.58. The van der Waals surface area contributed by atoms with Gasteiger partial charge in [-0.05, 0) is 44.1 Å². The molecule has 146 valence electrons. The molecule has 1 N–H and O–H groups in total. The van der Waals surface area contributed by atoms with Gasteiger partial charge in [-0.15, -0.1) is 11.3 Å². The fraction of sp³-hybridized carbons (Fsp3) is 0.611. The summed E-state index contributed by atoms with van der Waals surface area (Å²) < 4.78 is 25.4. The van der Waals surface area contributed by atoms with E-state index in [4.69, 9.17) is 0 Å². The fourth-order valence-electron chi connectivity index (χ4n) is 3.78. The molecule has 1 fully saturated rings. The van der Waals surface area contributed by atoms with Crippen LogP contribution in [0.1, 0.15) is 71.8 Å². The Kier molecular flexibility index (Phi) is 4.84. The Labute approximate surface area is 163 Å². The molecule has 7 nitrogen and oxygen atoms in total. The second-order valence-electron chi connectivity index (χ2n) is 7.66. The Morgan fingerprint density at radius 1 is 1.33 bits per heavy atom. The van der Waals surface area contributed by atoms with Crippen molar-refractivity contribution in [3.63, 3.8) is 0 Å². The van der Waals surface area contributed by atoms with Gasteiger partial charge in [0.05, 0.1) is 23.2 Å². The summed E-state index contributed by atoms with van der Waals surface area (Å²) in [6.45, 7) is 4.04. The molecule has 0 spiro atoms. The quantitative estimate of drug-likeness (QED) is 0.839. The zero-order valence-corrected chi connectivity index (χ0v) is 17.2. The van der Waals surface area contributed by atoms with Crippen molar-refractivity contribution in [3.8, 4) is 0 Å². The molecular formula is C18H24N4O3S2. The number of fused-ring (bicyclic) bond motifs is 1. The summed E-state index contributed by atoms with van der Waals surface area (Å²) in [6.07, 6.45) is 4.88. The van der Waals surface area contributed by atoms with E-state index in [0.29, 0.717) is 17.2 Å². The standard InChI is InChI=1S/C18H24N4O3S2/c1-11(2)15-9-14(21-22(15)12-7-8-27(24,25)10-12)17(23)20-18-19-13-5-3-4-6-16(13)26-18/h9,11-12H,3-8,10H2,1-2H3,(H,19,20,23). The van der Waals surface area contributed by atoms with Crippen LogP contribution in [-0.2, 0) is 22.7 Å². The Bertz CT molecular complexity index is 951. The molecule has 0 radical (unpaired) electrons. The fourth-order valence-corrected chi connectivity index (χ4v) is 6.52. The molecule has 1 amide bonds. The van der Waals surface area contributed by atoms with Gasteiger partial charge in [0.15, 0.2) is 20.7 Å². The molecule has 2 aromatic rings. The number of hydrogen-bond acceptors (Lipinski definition) is 6. The summed E-state index contributed by atoms with van der Waals surface area (Å²) in [5, 5.41) is 7.97. The third kappa shape index (κ3) is 3.80. The van der Waals surface area contributed by atoms with Gasteiger partial charge in [0.25, 0.3) is 5.91 Å². The molecule has 9 heteroatoms. The number of rotatable bonds is 4. The Balaban J connectivity index is 1.57. The summed E-state index contributed by atoms with van der Waals surface area (Å²) in [4.78, 5) is 18.5. The molecule has 1 aliphatic heterocycles. The molecule has 0 saturated carbocycles. The zero-order valence-electron chi connectivity index (χ0n) is 15.6. The van der Waals surface area contributed by atoms with Crippen LogP contribution in [-0.4, -0.2) is 40.6 Å². The van der Waals surface area contributed by atoms with E-state index in [1.165, 1.54) is 11.3 Å². The number of carbonyl (C=O) groups is 1. The van der Waals surface area contributed by atoms with E-state index >= 15 is 0 Å². The molecule has 3 heterocycles. The lowest BCUT2D eigenvalue weighted by Crippen LogP contribution is -2.17. The van der Waals surface area contributed by atoms with Gasteiger partial charge in [0.1, 0.15) is 0 Å². The first-order valence-electron chi connectivity index (χ1n) is 9.42. The molecule has 4 rings (SSSR count). The second-order valence-corrected chi connectivity index (χ2v) is 11.0. The lowest BCUT2D eigenvalue weighted by Gasteiger charge is -2.15. The maximum absolute atomic E-state index is 12.7. The van der Waals surface area contributed by atoms with Gasteiger partial charge in [-0.25, -0.2) is 13.4 Å². The first kappa shape index (κ1) is 18.6. The van der Waals surface area contributed by atoms with Crippen molar-refractivity contribution < 1.29 is 13.2 Å². The largest absolute Gasteiger partial charge is 0.296 e. The summed E-state index contributed by atoms with van der Waals surface area (Å²) in [5.41, 5.74) is 2.31. The highest BCUT2D eigenvalue weighted by Gasteiger charge is 2.32. The topological polar surface area (TPSA) is 93.9 Å². The summed E-state index contributed by atoms with van der Waals surface area (Å²) >= 11 is 1.54. The molecular weight excluding hydrogens is 384 g/mol. The van der Waals surface area contributed by atoms with Crippen LogP contribution in [0.3, 0.4) is 0 Å². The smallest absolute Gasteiger partial charge is 0.277 e. The summed E-state index contributed by atoms with van der Waals surface area (Å²) in [7, 11) is -3.02. The first-order chi connectivity index (χ1) is 12.8. The highest BCUT2D eigenvalue weighted by Crippen LogP contribution is 2.31. The molecule has 1 unspecified atom stereocenters. The molecule has 2 aliphatic rings. The number of thiazole rings is 1. The number of nitrogens with one attached hydrogen (secondary N) is 1. The van der Waals surface area contributed by atoms with Crippen LogP contribution in [0, 0.1) is 0 Å². The Morgan fingerprint density at radius 3 is 2.78 bits per heavy atom. The normalized spacial score (nSPS) is 21.4. The van der Waals surface area contributed by atoms with Crippen molar-refractivity contribution in [1.29, 1.82) is 0 Å². The third-order valence-corrected chi connectivity index (χ3v) is 8.03. The minimum atomic E-state index is -3.02. The van der Waals surface area contributed by atoms with Crippen LogP contribution in [0.4, 0.5) is 5.13 Å². The molecule has 0 bridgehead atoms. The molecule has 27 heavy (non-hydrogen) atoms. The lowest BCUT2D eigenvalue weighted by atomic mass is 10.0. The molecule has 1 saturated heterocycles. The van der Waals surface area contributed by atoms with Crippen molar-refractivity contribution in [2.45, 2.75) is 57.9 Å². The lowest BCUT2D eigenvalue weighted by molar-refractivity contribution is 0.102. The number of nitrogens with zero attached hydrogens (tertiary/aromatic N) is 3. The van der Waals surface area contributed by atoms with Crippen molar-refractivity contribution in [1.82, 2.24) is 14.8 Å². The molecule has 0 aromatic carbocycles. The van der Waals surface area contributed by atoms with Crippen LogP contribution in [0.15, 0.2) is 6.07 Å². The number of amides is 1. The van der Waals surface area contributed by atoms with Crippen LogP contribution >= 0.6 is 11.3 Å². The van der Waals surface area contributed by atoms with E-state index in [2.05, 4.69) is 15.4 Å². The molecule has 2 aromatic heterocycles. The Morgan fingerprint density at radius 2 is 2.11 bits per heavy atom. The van der Waals surface area contributed by atoms with Crippen molar-refractivity contribution in [2.75, 3.05) is 16.8 Å². The number of sulfone groups is 1. The number of hydrogen-bond donors (Lipinski definition) is 1. The van der Waals surface area contributed by atoms with Crippen molar-refractivity contribution >= 4 is 32.2 Å². The number of anilines is 1. The predicted octanol–water partition coefficient (Wildman–Crippen LogP) is 2.95. The van der Waals surface area contributed by atoms with Gasteiger partial charge in [0.2, 0.25) is 0 Å². The highest BCUT2D eigenvalue weighted by molar-refractivity contribution is 7.91. The van der Waals surface area contributed by atoms with Gasteiger partial charge >= 0.3 is 0 Å². The van der Waals surface area contributed by atoms with E-state index < -0.39 is 9.84 Å². The van der Waals surface area contributed by atoms with Crippen LogP contribution in [0.5, 0.6) is 0 Å². The van der Waals surface area contributed by atoms with Gasteiger partial charge in [-0.1, -0.05) is 13.8 Å². The maximum atomic E-state index is 12.7. The minimum absolute atomic E-state index is 0.0919. The van der Waals surface area contributed by atoms with Gasteiger partial charge in [-0.2, -0.15) is 5.10 Å². The van der Waals surface area contributed by atoms with Crippen LogP contribution in [0.25, 0.3) is 0 Å². The zero-order chi connectivity index (χ0) is 19.2. The third-order valence-electron chi connectivity index (χ3n) is 5.21. The van der Waals surface area contributed by atoms with E-state index in [-0.39, 0.29) is 29.4 Å². The average molecular weight is 409 g/mol. The van der Waals surface area contributed by atoms with Gasteiger partial charge in [0, 0.05) is 10.6 Å². The van der Waals surface area contributed by atoms with Crippen molar-refractivity contribution in [2.24, 2.45) is 0 Å². The highest BCUT2D eigenvalue weighted by atomic mass is 32.2. The van der Waals surface area contributed by atoms with E-state index in [1.54, 1.807) is 22.1 Å². The van der Waals surface area contributed by atoms with E-state index in [1.807, 2.05) is 13.8 Å². The van der Waals surface area contributed by atoms with Crippen LogP contribution in [0.2, 0.25) is 0 Å². The average Bonchev–Trinajstić information content (AvgIpc) is 3.29.